The van der Waals surface area contributed by atoms with Crippen molar-refractivity contribution in [3.8, 4) is 6.07 Å². The maximum Gasteiger partial charge on any atom is 0.238 e. The lowest BCUT2D eigenvalue weighted by atomic mass is 9.88. The van der Waals surface area contributed by atoms with Gasteiger partial charge in [0.25, 0.3) is 0 Å². The number of fused-ring (bicyclic) bond motifs is 2. The van der Waals surface area contributed by atoms with Crippen molar-refractivity contribution in [1.29, 1.82) is 5.26 Å². The molecule has 0 amide bonds. The van der Waals surface area contributed by atoms with E-state index in [0.717, 1.165) is 22.3 Å². The number of allylic oxidation sites excluding steroid dienone is 2. The summed E-state index contributed by atoms with van der Waals surface area (Å²) in [7, 11) is 0. The van der Waals surface area contributed by atoms with Crippen LogP contribution in [-0.2, 0) is 0 Å². The Hall–Kier alpha value is -3.36. The molecule has 0 unspecified atom stereocenters. The summed E-state index contributed by atoms with van der Waals surface area (Å²) in [6.45, 7) is 7.03. The highest BCUT2D eigenvalue weighted by Gasteiger charge is 2.30. The summed E-state index contributed by atoms with van der Waals surface area (Å²) in [4.78, 5) is 6.64. The lowest BCUT2D eigenvalue weighted by Crippen LogP contribution is -2.46. The largest absolute Gasteiger partial charge is 0.435 e. The molecule has 0 saturated carbocycles. The van der Waals surface area contributed by atoms with Gasteiger partial charge in [0.1, 0.15) is 17.2 Å². The van der Waals surface area contributed by atoms with Gasteiger partial charge < -0.3 is 14.4 Å². The summed E-state index contributed by atoms with van der Waals surface area (Å²) in [5, 5.41) is 19.2. The van der Waals surface area contributed by atoms with Gasteiger partial charge in [-0.3, -0.25) is 0 Å². The molecule has 4 rings (SSSR count). The van der Waals surface area contributed by atoms with Gasteiger partial charge >= 0.3 is 0 Å². The van der Waals surface area contributed by atoms with Crippen molar-refractivity contribution < 1.29 is 9.52 Å². The standard InChI is InChI=1S/C24H23N3O2/c1-16-14-24(2,3)27(10-11-28)21-9-8-17(13-19(16)21)12-18(15-25)23-26-20-6-4-5-7-22(20)29-23/h4-9,12-14,28H,10-11H2,1-3H3/b18-12+. The minimum Gasteiger partial charge on any atom is -0.435 e. The molecule has 29 heavy (non-hydrogen) atoms. The molecular weight excluding hydrogens is 362 g/mol. The van der Waals surface area contributed by atoms with Crippen molar-refractivity contribution in [2.24, 2.45) is 0 Å². The van der Waals surface area contributed by atoms with Crippen LogP contribution < -0.4 is 4.90 Å². The summed E-state index contributed by atoms with van der Waals surface area (Å²) >= 11 is 0. The first-order chi connectivity index (χ1) is 13.9. The van der Waals surface area contributed by atoms with Crippen molar-refractivity contribution >= 4 is 34.0 Å². The Balaban J connectivity index is 1.76. The van der Waals surface area contributed by atoms with E-state index in [4.69, 9.17) is 4.42 Å². The summed E-state index contributed by atoms with van der Waals surface area (Å²) in [5.41, 5.74) is 5.86. The van der Waals surface area contributed by atoms with Gasteiger partial charge in [-0.25, -0.2) is 4.98 Å². The van der Waals surface area contributed by atoms with Crippen molar-refractivity contribution in [2.45, 2.75) is 26.3 Å². The molecule has 0 fully saturated rings. The van der Waals surface area contributed by atoms with Crippen LogP contribution in [0.5, 0.6) is 0 Å². The number of anilines is 1. The SMILES string of the molecule is CC1=CC(C)(C)N(CCO)c2ccc(/C=C(\C#N)c3nc4ccccc4o3)cc21. The fourth-order valence-electron chi connectivity index (χ4n) is 4.00. The second kappa shape index (κ2) is 7.23. The number of benzene rings is 2. The molecule has 0 aliphatic carbocycles. The lowest BCUT2D eigenvalue weighted by Gasteiger charge is -2.43. The summed E-state index contributed by atoms with van der Waals surface area (Å²) in [5.74, 6) is 0.321. The van der Waals surface area contributed by atoms with E-state index in [1.165, 1.54) is 5.57 Å². The van der Waals surface area contributed by atoms with E-state index in [2.05, 4.69) is 54.9 Å². The van der Waals surface area contributed by atoms with Crippen molar-refractivity contribution in [1.82, 2.24) is 4.98 Å². The van der Waals surface area contributed by atoms with Gasteiger partial charge in [-0.15, -0.1) is 0 Å². The zero-order valence-electron chi connectivity index (χ0n) is 16.8. The predicted octanol–water partition coefficient (Wildman–Crippen LogP) is 4.89. The molecule has 0 spiro atoms. The first-order valence-corrected chi connectivity index (χ1v) is 9.63. The normalized spacial score (nSPS) is 15.8. The first-order valence-electron chi connectivity index (χ1n) is 9.63. The smallest absolute Gasteiger partial charge is 0.238 e. The van der Waals surface area contributed by atoms with Crippen LogP contribution in [0.25, 0.3) is 28.3 Å². The monoisotopic (exact) mass is 385 g/mol. The molecule has 146 valence electrons. The number of hydrogen-bond donors (Lipinski definition) is 1. The van der Waals surface area contributed by atoms with Gasteiger partial charge in [0.05, 0.1) is 12.1 Å². The van der Waals surface area contributed by atoms with E-state index in [9.17, 15) is 10.4 Å². The van der Waals surface area contributed by atoms with Gasteiger partial charge in [-0.1, -0.05) is 24.3 Å². The number of β-amino-alcohol motifs (C(OH)–C–C–N with tert-alkyl or cyclic N) is 1. The second-order valence-corrected chi connectivity index (χ2v) is 7.79. The average Bonchev–Trinajstić information content (AvgIpc) is 3.13. The number of nitrogens with zero attached hydrogens (tertiary/aromatic N) is 3. The van der Waals surface area contributed by atoms with E-state index in [0.29, 0.717) is 23.6 Å². The molecule has 1 N–H and O–H groups in total. The van der Waals surface area contributed by atoms with Gasteiger partial charge in [0.2, 0.25) is 5.89 Å². The molecule has 2 aromatic carbocycles. The van der Waals surface area contributed by atoms with Gasteiger partial charge in [-0.2, -0.15) is 5.26 Å². The highest BCUT2D eigenvalue weighted by Crippen LogP contribution is 2.39. The number of oxazole rings is 1. The molecule has 5 heteroatoms. The topological polar surface area (TPSA) is 73.3 Å². The van der Waals surface area contributed by atoms with Crippen molar-refractivity contribution in [3.05, 3.63) is 65.6 Å². The highest BCUT2D eigenvalue weighted by atomic mass is 16.3. The lowest BCUT2D eigenvalue weighted by molar-refractivity contribution is 0.293. The quantitative estimate of drug-likeness (QED) is 0.648. The highest BCUT2D eigenvalue weighted by molar-refractivity contribution is 5.90. The van der Waals surface area contributed by atoms with E-state index in [-0.39, 0.29) is 12.1 Å². The Morgan fingerprint density at radius 1 is 1.28 bits per heavy atom. The Morgan fingerprint density at radius 3 is 2.79 bits per heavy atom. The maximum atomic E-state index is 9.67. The zero-order chi connectivity index (χ0) is 20.6. The third-order valence-corrected chi connectivity index (χ3v) is 5.28. The minimum absolute atomic E-state index is 0.0910. The van der Waals surface area contributed by atoms with E-state index in [1.54, 1.807) is 6.08 Å². The Morgan fingerprint density at radius 2 is 2.07 bits per heavy atom. The number of aromatic nitrogens is 1. The summed E-state index contributed by atoms with van der Waals surface area (Å²) < 4.78 is 5.75. The van der Waals surface area contributed by atoms with Gasteiger partial charge in [0.15, 0.2) is 5.58 Å². The molecule has 1 aromatic heterocycles. The fraction of sp³-hybridized carbons (Fsp3) is 0.250. The molecule has 0 bridgehead atoms. The van der Waals surface area contributed by atoms with Crippen LogP contribution in [0.3, 0.4) is 0 Å². The van der Waals surface area contributed by atoms with Crippen LogP contribution in [-0.4, -0.2) is 28.8 Å². The number of hydrogen-bond acceptors (Lipinski definition) is 5. The van der Waals surface area contributed by atoms with Crippen LogP contribution >= 0.6 is 0 Å². The molecule has 1 aliphatic rings. The van der Waals surface area contributed by atoms with Crippen LogP contribution in [0.1, 0.15) is 37.8 Å². The van der Waals surface area contributed by atoms with Crippen molar-refractivity contribution in [3.63, 3.8) is 0 Å². The van der Waals surface area contributed by atoms with E-state index < -0.39 is 0 Å². The summed E-state index contributed by atoms with van der Waals surface area (Å²) in [6, 6.07) is 15.8. The molecule has 2 heterocycles. The average molecular weight is 385 g/mol. The first kappa shape index (κ1) is 19.0. The second-order valence-electron chi connectivity index (χ2n) is 7.79. The Kier molecular flexibility index (Phi) is 4.73. The Bertz CT molecular complexity index is 1150. The van der Waals surface area contributed by atoms with Crippen molar-refractivity contribution in [2.75, 3.05) is 18.1 Å². The molecule has 0 saturated heterocycles. The molecule has 0 radical (unpaired) electrons. The van der Waals surface area contributed by atoms with E-state index >= 15 is 0 Å². The van der Waals surface area contributed by atoms with Crippen LogP contribution in [0.4, 0.5) is 5.69 Å². The van der Waals surface area contributed by atoms with Crippen LogP contribution in [0, 0.1) is 11.3 Å². The molecular formula is C24H23N3O2. The minimum atomic E-state index is -0.173. The third kappa shape index (κ3) is 3.43. The number of rotatable bonds is 4. The molecule has 3 aromatic rings. The van der Waals surface area contributed by atoms with Gasteiger partial charge in [0, 0.05) is 17.8 Å². The predicted molar refractivity (Wildman–Crippen MR) is 116 cm³/mol. The number of nitriles is 1. The third-order valence-electron chi connectivity index (χ3n) is 5.28. The van der Waals surface area contributed by atoms with Crippen LogP contribution in [0.2, 0.25) is 0 Å². The number of para-hydroxylation sites is 2. The Labute approximate surface area is 170 Å². The number of aliphatic hydroxyl groups is 1. The zero-order valence-corrected chi connectivity index (χ0v) is 16.8. The fourth-order valence-corrected chi connectivity index (χ4v) is 4.00. The molecule has 5 nitrogen and oxygen atoms in total. The summed E-state index contributed by atoms with van der Waals surface area (Å²) in [6.07, 6.45) is 4.01. The van der Waals surface area contributed by atoms with Crippen LogP contribution in [0.15, 0.2) is 53.0 Å². The molecule has 0 atom stereocenters. The number of aliphatic hydroxyl groups excluding tert-OH is 1. The van der Waals surface area contributed by atoms with E-state index in [1.807, 2.05) is 30.3 Å². The molecule has 1 aliphatic heterocycles. The van der Waals surface area contributed by atoms with Gasteiger partial charge in [-0.05, 0) is 62.2 Å². The maximum absolute atomic E-state index is 9.67.